The van der Waals surface area contributed by atoms with Crippen LogP contribution in [0.4, 0.5) is 11.6 Å². The van der Waals surface area contributed by atoms with Crippen LogP contribution in [0.15, 0.2) is 48.7 Å². The fourth-order valence-corrected chi connectivity index (χ4v) is 3.58. The highest BCUT2D eigenvalue weighted by atomic mass is 16.5. The summed E-state index contributed by atoms with van der Waals surface area (Å²) in [5, 5.41) is 13.9. The van der Waals surface area contributed by atoms with Gasteiger partial charge in [-0.05, 0) is 64.4 Å². The van der Waals surface area contributed by atoms with Crippen LogP contribution in [0, 0.1) is 6.92 Å². The number of aromatic amines is 1. The Bertz CT molecular complexity index is 1330. The Hall–Kier alpha value is -4.14. The summed E-state index contributed by atoms with van der Waals surface area (Å²) in [4.78, 5) is 21.8. The maximum atomic E-state index is 12.1. The molecule has 0 aliphatic heterocycles. The van der Waals surface area contributed by atoms with Crippen LogP contribution < -0.4 is 20.1 Å². The van der Waals surface area contributed by atoms with Gasteiger partial charge in [0.15, 0.2) is 12.4 Å². The quantitative estimate of drug-likeness (QED) is 0.337. The van der Waals surface area contributed by atoms with Gasteiger partial charge < -0.3 is 20.1 Å². The first-order valence-corrected chi connectivity index (χ1v) is 11.5. The average molecular weight is 475 g/mol. The van der Waals surface area contributed by atoms with Gasteiger partial charge >= 0.3 is 0 Å². The maximum absolute atomic E-state index is 12.1. The van der Waals surface area contributed by atoms with Crippen molar-refractivity contribution >= 4 is 28.4 Å². The number of benzene rings is 2. The molecule has 9 nitrogen and oxygen atoms in total. The van der Waals surface area contributed by atoms with Crippen molar-refractivity contribution in [2.75, 3.05) is 18.5 Å². The topological polar surface area (TPSA) is 114 Å². The Morgan fingerprint density at radius 2 is 1.91 bits per heavy atom. The molecule has 0 saturated carbocycles. The number of ether oxygens (including phenoxy) is 2. The first kappa shape index (κ1) is 24.0. The highest BCUT2D eigenvalue weighted by molar-refractivity contribution is 5.93. The first-order chi connectivity index (χ1) is 16.7. The summed E-state index contributed by atoms with van der Waals surface area (Å²) in [6.45, 7) is 10.2. The third-order valence-electron chi connectivity index (χ3n) is 5.02. The minimum Gasteiger partial charge on any atom is -0.494 e. The first-order valence-electron chi connectivity index (χ1n) is 11.5. The van der Waals surface area contributed by atoms with Crippen LogP contribution >= 0.6 is 0 Å². The van der Waals surface area contributed by atoms with Crippen LogP contribution in [0.25, 0.3) is 22.3 Å². The Balaban J connectivity index is 1.69. The summed E-state index contributed by atoms with van der Waals surface area (Å²) in [5.74, 6) is 3.00. The largest absolute Gasteiger partial charge is 0.494 e. The molecule has 0 bridgehead atoms. The fourth-order valence-electron chi connectivity index (χ4n) is 3.58. The fraction of sp³-hybridized carbons (Fsp3) is 0.308. The van der Waals surface area contributed by atoms with Gasteiger partial charge in [-0.25, -0.2) is 9.97 Å². The van der Waals surface area contributed by atoms with Crippen LogP contribution in [0.2, 0.25) is 0 Å². The Labute approximate surface area is 204 Å². The normalized spacial score (nSPS) is 11.3. The number of aromatic nitrogens is 4. The standard InChI is InChI=1S/C26H30N6O3/c1-6-34-21-14-19-20(12-16(21)2)28-24(30-25(19)29-22-10-11-27-32-22)17-8-7-9-18(13-17)35-15-23(33)31-26(3,4)5/h7-14H,6,15H2,1-5H3,(H,31,33)(H2,27,28,29,30,32). The van der Waals surface area contributed by atoms with Crippen molar-refractivity contribution in [1.82, 2.24) is 25.5 Å². The van der Waals surface area contributed by atoms with Gasteiger partial charge in [0.1, 0.15) is 23.1 Å². The van der Waals surface area contributed by atoms with E-state index in [1.807, 2.05) is 71.0 Å². The molecule has 0 fully saturated rings. The van der Waals surface area contributed by atoms with Gasteiger partial charge in [-0.2, -0.15) is 5.10 Å². The van der Waals surface area contributed by atoms with Crippen molar-refractivity contribution in [2.45, 2.75) is 40.2 Å². The minimum atomic E-state index is -0.320. The molecule has 2 aromatic carbocycles. The van der Waals surface area contributed by atoms with Crippen molar-refractivity contribution in [3.63, 3.8) is 0 Å². The zero-order valence-electron chi connectivity index (χ0n) is 20.6. The van der Waals surface area contributed by atoms with Gasteiger partial charge in [0, 0.05) is 22.6 Å². The van der Waals surface area contributed by atoms with Gasteiger partial charge in [0.2, 0.25) is 0 Å². The second-order valence-corrected chi connectivity index (χ2v) is 9.17. The number of hydrogen-bond donors (Lipinski definition) is 3. The van der Waals surface area contributed by atoms with Crippen LogP contribution in [0.1, 0.15) is 33.3 Å². The highest BCUT2D eigenvalue weighted by Crippen LogP contribution is 2.32. The maximum Gasteiger partial charge on any atom is 0.258 e. The third kappa shape index (κ3) is 6.06. The van der Waals surface area contributed by atoms with Crippen LogP contribution in [-0.4, -0.2) is 44.8 Å². The summed E-state index contributed by atoms with van der Waals surface area (Å²) in [5.41, 5.74) is 2.20. The predicted octanol–water partition coefficient (Wildman–Crippen LogP) is 4.76. The van der Waals surface area contributed by atoms with E-state index in [4.69, 9.17) is 19.4 Å². The lowest BCUT2D eigenvalue weighted by Gasteiger charge is -2.20. The number of fused-ring (bicyclic) bond motifs is 1. The van der Waals surface area contributed by atoms with E-state index in [1.54, 1.807) is 12.3 Å². The summed E-state index contributed by atoms with van der Waals surface area (Å²) >= 11 is 0. The smallest absolute Gasteiger partial charge is 0.258 e. The Morgan fingerprint density at radius 3 is 2.63 bits per heavy atom. The summed E-state index contributed by atoms with van der Waals surface area (Å²) in [7, 11) is 0. The molecule has 0 aliphatic rings. The molecule has 0 aliphatic carbocycles. The van der Waals surface area contributed by atoms with Crippen LogP contribution in [0.3, 0.4) is 0 Å². The van der Waals surface area contributed by atoms with Crippen molar-refractivity contribution in [2.24, 2.45) is 0 Å². The van der Waals surface area contributed by atoms with E-state index < -0.39 is 0 Å². The molecular formula is C26H30N6O3. The van der Waals surface area contributed by atoms with Crippen molar-refractivity contribution in [3.8, 4) is 22.9 Å². The predicted molar refractivity (Wildman–Crippen MR) is 136 cm³/mol. The summed E-state index contributed by atoms with van der Waals surface area (Å²) in [6, 6.07) is 13.1. The lowest BCUT2D eigenvalue weighted by Crippen LogP contribution is -2.43. The van der Waals surface area contributed by atoms with Gasteiger partial charge in [-0.15, -0.1) is 0 Å². The van der Waals surface area contributed by atoms with Crippen LogP contribution in [0.5, 0.6) is 11.5 Å². The number of hydrogen-bond acceptors (Lipinski definition) is 7. The van der Waals surface area contributed by atoms with Gasteiger partial charge in [0.25, 0.3) is 5.91 Å². The molecule has 0 unspecified atom stereocenters. The molecule has 35 heavy (non-hydrogen) atoms. The second kappa shape index (κ2) is 10.0. The number of nitrogens with one attached hydrogen (secondary N) is 3. The van der Waals surface area contributed by atoms with E-state index in [9.17, 15) is 4.79 Å². The number of carbonyl (C=O) groups is 1. The molecule has 9 heteroatoms. The molecule has 0 radical (unpaired) electrons. The van der Waals surface area contributed by atoms with Crippen LogP contribution in [-0.2, 0) is 4.79 Å². The lowest BCUT2D eigenvalue weighted by atomic mass is 10.1. The van der Waals surface area contributed by atoms with Crippen molar-refractivity contribution in [1.29, 1.82) is 0 Å². The number of H-pyrrole nitrogens is 1. The summed E-state index contributed by atoms with van der Waals surface area (Å²) in [6.07, 6.45) is 1.67. The molecule has 0 saturated heterocycles. The van der Waals surface area contributed by atoms with E-state index in [-0.39, 0.29) is 18.1 Å². The molecule has 2 aromatic heterocycles. The molecule has 0 atom stereocenters. The van der Waals surface area contributed by atoms with Gasteiger partial charge in [0.05, 0.1) is 18.3 Å². The van der Waals surface area contributed by atoms with E-state index in [0.29, 0.717) is 29.8 Å². The van der Waals surface area contributed by atoms with Crippen molar-refractivity contribution < 1.29 is 14.3 Å². The Kier molecular flexibility index (Phi) is 6.86. The molecule has 1 amide bonds. The molecule has 182 valence electrons. The number of amides is 1. The molecule has 3 N–H and O–H groups in total. The van der Waals surface area contributed by atoms with Gasteiger partial charge in [-0.3, -0.25) is 9.89 Å². The van der Waals surface area contributed by atoms with E-state index >= 15 is 0 Å². The van der Waals surface area contributed by atoms with E-state index in [0.717, 1.165) is 27.8 Å². The molecular weight excluding hydrogens is 444 g/mol. The molecule has 0 spiro atoms. The molecule has 4 rings (SSSR count). The number of nitrogens with zero attached hydrogens (tertiary/aromatic N) is 3. The number of anilines is 2. The highest BCUT2D eigenvalue weighted by Gasteiger charge is 2.16. The molecule has 4 aromatic rings. The minimum absolute atomic E-state index is 0.0780. The monoisotopic (exact) mass is 474 g/mol. The SMILES string of the molecule is CCOc1cc2c(Nc3ccn[nH]3)nc(-c3cccc(OCC(=O)NC(C)(C)C)c3)nc2cc1C. The van der Waals surface area contributed by atoms with Crippen molar-refractivity contribution in [3.05, 3.63) is 54.2 Å². The van der Waals surface area contributed by atoms with Gasteiger partial charge in [-0.1, -0.05) is 12.1 Å². The zero-order valence-corrected chi connectivity index (χ0v) is 20.6. The number of rotatable bonds is 8. The van der Waals surface area contributed by atoms with E-state index in [2.05, 4.69) is 20.8 Å². The lowest BCUT2D eigenvalue weighted by molar-refractivity contribution is -0.124. The number of aryl methyl sites for hydroxylation is 1. The zero-order chi connectivity index (χ0) is 25.0. The molecule has 2 heterocycles. The average Bonchev–Trinajstić information content (AvgIpc) is 3.31. The number of carbonyl (C=O) groups excluding carboxylic acids is 1. The Morgan fingerprint density at radius 1 is 1.09 bits per heavy atom. The summed E-state index contributed by atoms with van der Waals surface area (Å²) < 4.78 is 11.5. The second-order valence-electron chi connectivity index (χ2n) is 9.17. The third-order valence-corrected chi connectivity index (χ3v) is 5.02. The van der Waals surface area contributed by atoms with E-state index in [1.165, 1.54) is 0 Å².